The summed E-state index contributed by atoms with van der Waals surface area (Å²) in [7, 11) is -0.444. The summed E-state index contributed by atoms with van der Waals surface area (Å²) in [6.07, 6.45) is 0. The molecule has 132 valence electrons. The van der Waals surface area contributed by atoms with Gasteiger partial charge in [-0.2, -0.15) is 0 Å². The number of rotatable bonds is 4. The van der Waals surface area contributed by atoms with Gasteiger partial charge in [0, 0.05) is 10.5 Å². The van der Waals surface area contributed by atoms with Crippen LogP contribution < -0.4 is 10.2 Å². The van der Waals surface area contributed by atoms with Crippen LogP contribution in [0.4, 0.5) is 0 Å². The maximum absolute atomic E-state index is 6.18. The molecule has 25 heavy (non-hydrogen) atoms. The monoisotopic (exact) mass is 358 g/mol. The van der Waals surface area contributed by atoms with Crippen molar-refractivity contribution in [3.05, 3.63) is 58.6 Å². The first-order chi connectivity index (χ1) is 11.7. The van der Waals surface area contributed by atoms with Crippen molar-refractivity contribution in [2.24, 2.45) is 0 Å². The molecule has 5 heteroatoms. The van der Waals surface area contributed by atoms with Gasteiger partial charge < -0.3 is 14.0 Å². The van der Waals surface area contributed by atoms with Gasteiger partial charge in [-0.3, -0.25) is 0 Å². The molecule has 2 aromatic rings. The summed E-state index contributed by atoms with van der Waals surface area (Å²) in [5, 5.41) is 0.705. The Hall–Kier alpha value is -1.49. The predicted octanol–water partition coefficient (Wildman–Crippen LogP) is 4.53. The van der Waals surface area contributed by atoms with E-state index in [0.29, 0.717) is 11.6 Å². The number of hydrogen-bond acceptors (Lipinski definition) is 3. The average Bonchev–Trinajstić information content (AvgIpc) is 2.73. The summed E-state index contributed by atoms with van der Waals surface area (Å²) in [6.45, 7) is 10.7. The van der Waals surface area contributed by atoms with E-state index in [0.717, 1.165) is 22.3 Å². The second kappa shape index (κ2) is 6.67. The van der Waals surface area contributed by atoms with Crippen LogP contribution in [0.5, 0.6) is 5.75 Å². The lowest BCUT2D eigenvalue weighted by Crippen LogP contribution is -2.41. The summed E-state index contributed by atoms with van der Waals surface area (Å²) in [6, 6.07) is 13.8. The second-order valence-corrected chi connectivity index (χ2v) is 7.98. The molecule has 0 unspecified atom stereocenters. The SMILES string of the molecule is Cc1ccc(B2OC(C)(C)C(C)(C)O2)c(OCc2cccc(Cl)c2)c1. The van der Waals surface area contributed by atoms with Crippen LogP contribution in [0.1, 0.15) is 38.8 Å². The Bertz CT molecular complexity index is 757. The lowest BCUT2D eigenvalue weighted by molar-refractivity contribution is 0.00578. The first-order valence-corrected chi connectivity index (χ1v) is 8.89. The van der Waals surface area contributed by atoms with Crippen molar-refractivity contribution in [1.82, 2.24) is 0 Å². The molecule has 1 aliphatic heterocycles. The summed E-state index contributed by atoms with van der Waals surface area (Å²) >= 11 is 6.05. The highest BCUT2D eigenvalue weighted by Gasteiger charge is 2.52. The first kappa shape index (κ1) is 18.3. The quantitative estimate of drug-likeness (QED) is 0.752. The Kier molecular flexibility index (Phi) is 4.89. The highest BCUT2D eigenvalue weighted by Crippen LogP contribution is 2.37. The van der Waals surface area contributed by atoms with E-state index in [1.54, 1.807) is 0 Å². The van der Waals surface area contributed by atoms with Crippen LogP contribution in [0, 0.1) is 6.92 Å². The molecule has 1 aliphatic rings. The molecule has 0 bridgehead atoms. The molecule has 0 aliphatic carbocycles. The third kappa shape index (κ3) is 3.86. The number of halogens is 1. The minimum absolute atomic E-state index is 0.382. The Morgan fingerprint density at radius 3 is 2.32 bits per heavy atom. The molecule has 0 aromatic heterocycles. The summed E-state index contributed by atoms with van der Waals surface area (Å²) in [5.41, 5.74) is 2.29. The van der Waals surface area contributed by atoms with Crippen molar-refractivity contribution in [1.29, 1.82) is 0 Å². The Morgan fingerprint density at radius 1 is 1.00 bits per heavy atom. The third-order valence-electron chi connectivity index (χ3n) is 4.96. The van der Waals surface area contributed by atoms with Crippen LogP contribution >= 0.6 is 11.6 Å². The fourth-order valence-electron chi connectivity index (χ4n) is 2.72. The van der Waals surface area contributed by atoms with Crippen LogP contribution in [-0.2, 0) is 15.9 Å². The van der Waals surface area contributed by atoms with Crippen LogP contribution in [0.3, 0.4) is 0 Å². The van der Waals surface area contributed by atoms with E-state index < -0.39 is 7.12 Å². The smallest absolute Gasteiger partial charge is 0.489 e. The molecule has 3 nitrogen and oxygen atoms in total. The van der Waals surface area contributed by atoms with Crippen LogP contribution in [0.25, 0.3) is 0 Å². The molecule has 0 saturated carbocycles. The molecule has 2 aromatic carbocycles. The van der Waals surface area contributed by atoms with Gasteiger partial charge >= 0.3 is 7.12 Å². The highest BCUT2D eigenvalue weighted by molar-refractivity contribution is 6.63. The molecule has 0 radical (unpaired) electrons. The van der Waals surface area contributed by atoms with Crippen molar-refractivity contribution in [3.8, 4) is 5.75 Å². The van der Waals surface area contributed by atoms with E-state index in [1.807, 2.05) is 77.1 Å². The molecule has 0 amide bonds. The Morgan fingerprint density at radius 2 is 1.68 bits per heavy atom. The van der Waals surface area contributed by atoms with Gasteiger partial charge in [0.1, 0.15) is 12.4 Å². The average molecular weight is 359 g/mol. The number of aryl methyl sites for hydroxylation is 1. The van der Waals surface area contributed by atoms with E-state index in [9.17, 15) is 0 Å². The van der Waals surface area contributed by atoms with E-state index >= 15 is 0 Å². The molecular weight excluding hydrogens is 334 g/mol. The fourth-order valence-corrected chi connectivity index (χ4v) is 2.93. The van der Waals surface area contributed by atoms with Crippen molar-refractivity contribution in [2.45, 2.75) is 52.4 Å². The van der Waals surface area contributed by atoms with Crippen molar-refractivity contribution >= 4 is 24.2 Å². The lowest BCUT2D eigenvalue weighted by Gasteiger charge is -2.32. The third-order valence-corrected chi connectivity index (χ3v) is 5.19. The van der Waals surface area contributed by atoms with Gasteiger partial charge in [0.05, 0.1) is 11.2 Å². The minimum Gasteiger partial charge on any atom is -0.489 e. The van der Waals surface area contributed by atoms with Crippen LogP contribution in [0.15, 0.2) is 42.5 Å². The number of ether oxygens (including phenoxy) is 1. The zero-order valence-corrected chi connectivity index (χ0v) is 16.2. The number of hydrogen-bond donors (Lipinski definition) is 0. The normalized spacial score (nSPS) is 18.4. The summed E-state index contributed by atoms with van der Waals surface area (Å²) in [4.78, 5) is 0. The van der Waals surface area contributed by atoms with Crippen molar-refractivity contribution < 1.29 is 14.0 Å². The molecule has 0 atom stereocenters. The zero-order valence-electron chi connectivity index (χ0n) is 15.4. The van der Waals surface area contributed by atoms with Crippen molar-refractivity contribution in [2.75, 3.05) is 0 Å². The second-order valence-electron chi connectivity index (χ2n) is 7.55. The Balaban J connectivity index is 1.84. The van der Waals surface area contributed by atoms with Crippen LogP contribution in [-0.4, -0.2) is 18.3 Å². The first-order valence-electron chi connectivity index (χ1n) is 8.51. The van der Waals surface area contributed by atoms with Crippen LogP contribution in [0.2, 0.25) is 5.02 Å². The molecule has 0 N–H and O–H groups in total. The lowest BCUT2D eigenvalue weighted by atomic mass is 9.78. The van der Waals surface area contributed by atoms with Gasteiger partial charge in [-0.1, -0.05) is 35.9 Å². The maximum Gasteiger partial charge on any atom is 0.498 e. The highest BCUT2D eigenvalue weighted by atomic mass is 35.5. The number of benzene rings is 2. The van der Waals surface area contributed by atoms with Gasteiger partial charge in [-0.15, -0.1) is 0 Å². The topological polar surface area (TPSA) is 27.7 Å². The molecule has 1 heterocycles. The van der Waals surface area contributed by atoms with Gasteiger partial charge in [-0.25, -0.2) is 0 Å². The largest absolute Gasteiger partial charge is 0.498 e. The molecule has 3 rings (SSSR count). The van der Waals surface area contributed by atoms with Crippen molar-refractivity contribution in [3.63, 3.8) is 0 Å². The van der Waals surface area contributed by atoms with E-state index in [4.69, 9.17) is 25.6 Å². The maximum atomic E-state index is 6.18. The standard InChI is InChI=1S/C20H24BClO3/c1-14-9-10-17(21-24-19(2,3)20(4,5)25-21)18(11-14)23-13-15-7-6-8-16(22)12-15/h6-12H,13H2,1-5H3. The molecular formula is C20H24BClO3. The fraction of sp³-hybridized carbons (Fsp3) is 0.400. The van der Waals surface area contributed by atoms with Gasteiger partial charge in [0.15, 0.2) is 0 Å². The zero-order chi connectivity index (χ0) is 18.2. The molecule has 1 fully saturated rings. The van der Waals surface area contributed by atoms with E-state index in [1.165, 1.54) is 0 Å². The van der Waals surface area contributed by atoms with E-state index in [2.05, 4.69) is 0 Å². The molecule has 1 saturated heterocycles. The summed E-state index contributed by atoms with van der Waals surface area (Å²) in [5.74, 6) is 0.776. The van der Waals surface area contributed by atoms with E-state index in [-0.39, 0.29) is 11.2 Å². The summed E-state index contributed by atoms with van der Waals surface area (Å²) < 4.78 is 18.4. The van der Waals surface area contributed by atoms with Gasteiger partial charge in [0.25, 0.3) is 0 Å². The van der Waals surface area contributed by atoms with Gasteiger partial charge in [0.2, 0.25) is 0 Å². The Labute approximate surface area is 155 Å². The van der Waals surface area contributed by atoms with Gasteiger partial charge in [-0.05, 0) is 63.9 Å². The molecule has 0 spiro atoms. The minimum atomic E-state index is -0.444. The predicted molar refractivity (Wildman–Crippen MR) is 103 cm³/mol.